The number of carboxylic acids is 1. The maximum atomic E-state index is 11.2. The Hall–Kier alpha value is -4.11. The first-order valence-corrected chi connectivity index (χ1v) is 9.81. The highest BCUT2D eigenvalue weighted by Crippen LogP contribution is 2.42. The topological polar surface area (TPSA) is 53.1 Å². The molecule has 5 aromatic rings. The average Bonchev–Trinajstić information content (AvgIpc) is 3.19. The summed E-state index contributed by atoms with van der Waals surface area (Å²) in [4.78, 5) is 14.9. The largest absolute Gasteiger partial charge is 0.478 e. The first kappa shape index (κ1) is 18.0. The van der Waals surface area contributed by atoms with Gasteiger partial charge in [-0.3, -0.25) is 0 Å². The van der Waals surface area contributed by atoms with Crippen LogP contribution < -0.4 is 0 Å². The van der Waals surface area contributed by atoms with E-state index in [0.717, 1.165) is 44.4 Å². The van der Waals surface area contributed by atoms with Gasteiger partial charge in [-0.2, -0.15) is 0 Å². The van der Waals surface area contributed by atoms with Crippen molar-refractivity contribution in [2.45, 2.75) is 0 Å². The number of hydrogen-bond acceptors (Lipinski definition) is 1. The van der Waals surface area contributed by atoms with Gasteiger partial charge in [0.05, 0.1) is 11.3 Å². The van der Waals surface area contributed by atoms with Gasteiger partial charge in [0, 0.05) is 16.5 Å². The second kappa shape index (κ2) is 7.37. The summed E-state index contributed by atoms with van der Waals surface area (Å²) in [5.41, 5.74) is 7.88. The molecule has 0 radical (unpaired) electrons. The second-order valence-corrected chi connectivity index (χ2v) is 7.21. The van der Waals surface area contributed by atoms with Gasteiger partial charge in [0.1, 0.15) is 0 Å². The van der Waals surface area contributed by atoms with E-state index in [4.69, 9.17) is 0 Å². The van der Waals surface area contributed by atoms with Gasteiger partial charge < -0.3 is 10.1 Å². The Labute approximate surface area is 174 Å². The van der Waals surface area contributed by atoms with E-state index in [-0.39, 0.29) is 5.56 Å². The fraction of sp³-hybridized carbons (Fsp3) is 0. The molecule has 4 aromatic carbocycles. The van der Waals surface area contributed by atoms with E-state index in [1.807, 2.05) is 48.5 Å². The Bertz CT molecular complexity index is 1350. The first-order chi connectivity index (χ1) is 14.7. The quantitative estimate of drug-likeness (QED) is 0.352. The summed E-state index contributed by atoms with van der Waals surface area (Å²) >= 11 is 0. The predicted molar refractivity (Wildman–Crippen MR) is 122 cm³/mol. The minimum Gasteiger partial charge on any atom is -0.478 e. The van der Waals surface area contributed by atoms with Crippen LogP contribution in [0.15, 0.2) is 103 Å². The number of carboxylic acid groups (broad SMARTS) is 1. The van der Waals surface area contributed by atoms with Gasteiger partial charge in [-0.15, -0.1) is 0 Å². The molecule has 0 saturated carbocycles. The van der Waals surface area contributed by atoms with Crippen molar-refractivity contribution in [3.63, 3.8) is 0 Å². The number of nitrogens with one attached hydrogen (secondary N) is 1. The Kier molecular flexibility index (Phi) is 4.41. The summed E-state index contributed by atoms with van der Waals surface area (Å²) in [7, 11) is 0. The highest BCUT2D eigenvalue weighted by molar-refractivity contribution is 6.06. The van der Waals surface area contributed by atoms with Crippen molar-refractivity contribution in [2.24, 2.45) is 0 Å². The highest BCUT2D eigenvalue weighted by Gasteiger charge is 2.18. The molecule has 0 aliphatic carbocycles. The molecule has 0 saturated heterocycles. The van der Waals surface area contributed by atoms with Crippen LogP contribution in [-0.4, -0.2) is 16.1 Å². The average molecular weight is 389 g/mol. The van der Waals surface area contributed by atoms with Crippen molar-refractivity contribution in [3.05, 3.63) is 109 Å². The monoisotopic (exact) mass is 389 g/mol. The van der Waals surface area contributed by atoms with E-state index in [9.17, 15) is 9.90 Å². The Morgan fingerprint density at radius 3 is 2.00 bits per heavy atom. The van der Waals surface area contributed by atoms with Gasteiger partial charge in [-0.25, -0.2) is 4.79 Å². The Morgan fingerprint density at radius 2 is 1.27 bits per heavy atom. The third-order valence-electron chi connectivity index (χ3n) is 5.41. The van der Waals surface area contributed by atoms with Gasteiger partial charge in [-0.05, 0) is 40.5 Å². The van der Waals surface area contributed by atoms with E-state index >= 15 is 0 Å². The lowest BCUT2D eigenvalue weighted by molar-refractivity contribution is 0.0697. The zero-order valence-corrected chi connectivity index (χ0v) is 16.2. The molecule has 0 amide bonds. The summed E-state index contributed by atoms with van der Waals surface area (Å²) in [5, 5.41) is 10.4. The van der Waals surface area contributed by atoms with E-state index in [0.29, 0.717) is 0 Å². The van der Waals surface area contributed by atoms with Crippen LogP contribution in [0.2, 0.25) is 0 Å². The van der Waals surface area contributed by atoms with Gasteiger partial charge in [-0.1, -0.05) is 84.9 Å². The summed E-state index contributed by atoms with van der Waals surface area (Å²) < 4.78 is 0. The molecule has 0 aliphatic rings. The number of carbonyl (C=O) groups is 1. The number of aromatic carboxylic acids is 1. The lowest BCUT2D eigenvalue weighted by Crippen LogP contribution is -1.95. The van der Waals surface area contributed by atoms with Crippen molar-refractivity contribution in [3.8, 4) is 33.5 Å². The first-order valence-electron chi connectivity index (χ1n) is 9.81. The third kappa shape index (κ3) is 3.07. The van der Waals surface area contributed by atoms with Crippen LogP contribution in [0.5, 0.6) is 0 Å². The number of para-hydroxylation sites is 1. The van der Waals surface area contributed by atoms with Crippen LogP contribution in [0.3, 0.4) is 0 Å². The molecule has 0 bridgehead atoms. The van der Waals surface area contributed by atoms with Crippen molar-refractivity contribution < 1.29 is 9.90 Å². The van der Waals surface area contributed by atoms with Gasteiger partial charge in [0.15, 0.2) is 0 Å². The maximum absolute atomic E-state index is 11.2. The molecular formula is C27H19NO2. The molecule has 2 N–H and O–H groups in total. The van der Waals surface area contributed by atoms with Crippen LogP contribution in [-0.2, 0) is 0 Å². The lowest BCUT2D eigenvalue weighted by atomic mass is 9.91. The number of hydrogen-bond donors (Lipinski definition) is 2. The van der Waals surface area contributed by atoms with Crippen molar-refractivity contribution in [1.82, 2.24) is 4.98 Å². The minimum atomic E-state index is -0.919. The smallest absolute Gasteiger partial charge is 0.335 e. The third-order valence-corrected chi connectivity index (χ3v) is 5.41. The van der Waals surface area contributed by atoms with Crippen LogP contribution >= 0.6 is 0 Å². The van der Waals surface area contributed by atoms with Gasteiger partial charge in [0.2, 0.25) is 0 Å². The molecule has 0 atom stereocenters. The lowest BCUT2D eigenvalue weighted by Gasteiger charge is -2.12. The van der Waals surface area contributed by atoms with Crippen LogP contribution in [0, 0.1) is 0 Å². The number of H-pyrrole nitrogens is 1. The summed E-state index contributed by atoms with van der Waals surface area (Å²) in [6.45, 7) is 0. The number of rotatable bonds is 4. The van der Waals surface area contributed by atoms with E-state index in [1.165, 1.54) is 0 Å². The van der Waals surface area contributed by atoms with E-state index < -0.39 is 5.97 Å². The molecular weight excluding hydrogens is 370 g/mol. The molecule has 3 heteroatoms. The molecule has 0 aliphatic heterocycles. The molecule has 1 heterocycles. The highest BCUT2D eigenvalue weighted by atomic mass is 16.4. The Balaban J connectivity index is 1.77. The Morgan fingerprint density at radius 1 is 0.633 bits per heavy atom. The predicted octanol–water partition coefficient (Wildman–Crippen LogP) is 6.87. The van der Waals surface area contributed by atoms with Gasteiger partial charge >= 0.3 is 5.97 Å². The van der Waals surface area contributed by atoms with Crippen molar-refractivity contribution >= 4 is 16.9 Å². The van der Waals surface area contributed by atoms with E-state index in [1.54, 1.807) is 12.1 Å². The van der Waals surface area contributed by atoms with Crippen LogP contribution in [0.1, 0.15) is 10.4 Å². The zero-order chi connectivity index (χ0) is 20.5. The molecule has 3 nitrogen and oxygen atoms in total. The summed E-state index contributed by atoms with van der Waals surface area (Å²) in [6, 6.07) is 34.0. The van der Waals surface area contributed by atoms with Crippen molar-refractivity contribution in [1.29, 1.82) is 0 Å². The molecule has 0 fully saturated rings. The van der Waals surface area contributed by atoms with Gasteiger partial charge in [0.25, 0.3) is 0 Å². The number of benzene rings is 4. The number of aromatic amines is 1. The summed E-state index contributed by atoms with van der Waals surface area (Å²) in [5.74, 6) is -0.919. The molecule has 1 aromatic heterocycles. The fourth-order valence-electron chi connectivity index (χ4n) is 3.99. The number of aromatic nitrogens is 1. The zero-order valence-electron chi connectivity index (χ0n) is 16.2. The van der Waals surface area contributed by atoms with Crippen molar-refractivity contribution in [2.75, 3.05) is 0 Å². The minimum absolute atomic E-state index is 0.285. The SMILES string of the molecule is O=C(O)c1ccc(-c2ccccc2-c2c(-c3ccccc3)[nH]c3ccccc23)cc1. The van der Waals surface area contributed by atoms with Crippen LogP contribution in [0.25, 0.3) is 44.4 Å². The molecule has 0 spiro atoms. The molecule has 0 unspecified atom stereocenters. The maximum Gasteiger partial charge on any atom is 0.335 e. The standard InChI is InChI=1S/C27H19NO2/c29-27(30)20-16-14-18(15-17-20)21-10-4-5-11-22(21)25-23-12-6-7-13-24(23)28-26(25)19-8-2-1-3-9-19/h1-17,28H,(H,29,30). The molecule has 30 heavy (non-hydrogen) atoms. The second-order valence-electron chi connectivity index (χ2n) is 7.21. The van der Waals surface area contributed by atoms with Crippen LogP contribution in [0.4, 0.5) is 0 Å². The fourth-order valence-corrected chi connectivity index (χ4v) is 3.99. The molecule has 144 valence electrons. The number of fused-ring (bicyclic) bond motifs is 1. The molecule has 5 rings (SSSR count). The summed E-state index contributed by atoms with van der Waals surface area (Å²) in [6.07, 6.45) is 0. The normalized spacial score (nSPS) is 10.9. The van der Waals surface area contributed by atoms with E-state index in [2.05, 4.69) is 47.4 Å².